The summed E-state index contributed by atoms with van der Waals surface area (Å²) in [5.74, 6) is 1.47. The van der Waals surface area contributed by atoms with E-state index < -0.39 is 0 Å². The lowest BCUT2D eigenvalue weighted by Crippen LogP contribution is -2.49. The first-order valence-corrected chi connectivity index (χ1v) is 13.4. The van der Waals surface area contributed by atoms with Crippen LogP contribution in [-0.4, -0.2) is 37.2 Å². The van der Waals surface area contributed by atoms with Crippen molar-refractivity contribution in [3.05, 3.63) is 103 Å². The molecular formula is C33H32N4O2. The Morgan fingerprint density at radius 3 is 2.44 bits per heavy atom. The summed E-state index contributed by atoms with van der Waals surface area (Å²) in [5.41, 5.74) is 6.25. The molecule has 5 aromatic rings. The molecule has 0 amide bonds. The number of hydrogen-bond donors (Lipinski definition) is 0. The fourth-order valence-corrected chi connectivity index (χ4v) is 5.68. The quantitative estimate of drug-likeness (QED) is 0.242. The molecule has 0 fully saturated rings. The Bertz CT molecular complexity index is 1740. The van der Waals surface area contributed by atoms with Crippen LogP contribution in [0, 0.1) is 0 Å². The van der Waals surface area contributed by atoms with E-state index in [9.17, 15) is 0 Å². The number of anilines is 3. The van der Waals surface area contributed by atoms with Gasteiger partial charge < -0.3 is 23.9 Å². The molecule has 2 aliphatic rings. The molecule has 0 unspecified atom stereocenters. The Morgan fingerprint density at radius 1 is 0.769 bits per heavy atom. The third kappa shape index (κ3) is 3.91. The lowest BCUT2D eigenvalue weighted by Gasteiger charge is -2.47. The molecule has 0 saturated carbocycles. The first kappa shape index (κ1) is 23.7. The van der Waals surface area contributed by atoms with Gasteiger partial charge in [-0.3, -0.25) is 4.90 Å². The van der Waals surface area contributed by atoms with E-state index in [-0.39, 0.29) is 5.54 Å². The van der Waals surface area contributed by atoms with Crippen molar-refractivity contribution < 1.29 is 9.15 Å². The number of fused-ring (bicyclic) bond motifs is 4. The van der Waals surface area contributed by atoms with E-state index in [2.05, 4.69) is 121 Å². The summed E-state index contributed by atoms with van der Waals surface area (Å²) in [5, 5.41) is 2.13. The van der Waals surface area contributed by atoms with Gasteiger partial charge in [-0.15, -0.1) is 0 Å². The van der Waals surface area contributed by atoms with E-state index in [1.165, 1.54) is 11.3 Å². The Hall–Kier alpha value is -4.42. The second-order valence-electron chi connectivity index (χ2n) is 11.0. The molecule has 4 aromatic carbocycles. The van der Waals surface area contributed by atoms with Gasteiger partial charge in [0.05, 0.1) is 13.3 Å². The van der Waals surface area contributed by atoms with Crippen LogP contribution in [0.3, 0.4) is 0 Å². The monoisotopic (exact) mass is 516 g/mol. The summed E-state index contributed by atoms with van der Waals surface area (Å²) >= 11 is 0. The highest BCUT2D eigenvalue weighted by Gasteiger charge is 2.35. The fraction of sp³-hybridized carbons (Fsp3) is 0.212. The minimum atomic E-state index is -0.0490. The van der Waals surface area contributed by atoms with Gasteiger partial charge in [0.25, 0.3) is 0 Å². The molecule has 0 atom stereocenters. The molecule has 2 aliphatic heterocycles. The van der Waals surface area contributed by atoms with Crippen molar-refractivity contribution in [3.8, 4) is 11.5 Å². The number of hydrogen-bond acceptors (Lipinski definition) is 6. The highest BCUT2D eigenvalue weighted by atomic mass is 16.5. The van der Waals surface area contributed by atoms with Crippen molar-refractivity contribution in [2.24, 2.45) is 0 Å². The zero-order valence-electron chi connectivity index (χ0n) is 22.8. The Kier molecular flexibility index (Phi) is 5.35. The van der Waals surface area contributed by atoms with Gasteiger partial charge in [0.1, 0.15) is 11.3 Å². The smallest absolute Gasteiger partial charge is 0.178 e. The Morgan fingerprint density at radius 2 is 1.59 bits per heavy atom. The number of furan rings is 1. The average molecular weight is 517 g/mol. The molecule has 196 valence electrons. The topological polar surface area (TPSA) is 35.3 Å². The van der Waals surface area contributed by atoms with Crippen LogP contribution in [0.25, 0.3) is 21.9 Å². The van der Waals surface area contributed by atoms with Crippen LogP contribution >= 0.6 is 0 Å². The standard InChI is InChI=1S/C33H32N4O2/c1-33(2)28-13-6-7-14-29(28)37(22-35(33)4)23-10-9-11-25(18-23)38-31-20-24(36-17-16-34(3)21-36)19-27-26-12-5-8-15-30(26)39-32(27)31/h5-20H,21-22H2,1-4H3. The van der Waals surface area contributed by atoms with Crippen molar-refractivity contribution in [1.29, 1.82) is 0 Å². The summed E-state index contributed by atoms with van der Waals surface area (Å²) in [6.45, 7) is 6.13. The fourth-order valence-electron chi connectivity index (χ4n) is 5.68. The highest BCUT2D eigenvalue weighted by Crippen LogP contribution is 2.44. The van der Waals surface area contributed by atoms with Crippen molar-refractivity contribution in [1.82, 2.24) is 9.80 Å². The summed E-state index contributed by atoms with van der Waals surface area (Å²) < 4.78 is 13.0. The summed E-state index contributed by atoms with van der Waals surface area (Å²) in [7, 11) is 4.25. The molecule has 0 aliphatic carbocycles. The van der Waals surface area contributed by atoms with E-state index in [0.29, 0.717) is 5.75 Å². The number of rotatable bonds is 4. The van der Waals surface area contributed by atoms with E-state index in [1.807, 2.05) is 24.3 Å². The van der Waals surface area contributed by atoms with E-state index >= 15 is 0 Å². The predicted molar refractivity (Wildman–Crippen MR) is 159 cm³/mol. The third-order valence-corrected chi connectivity index (χ3v) is 8.16. The summed E-state index contributed by atoms with van der Waals surface area (Å²) in [4.78, 5) is 9.10. The molecule has 0 saturated heterocycles. The van der Waals surface area contributed by atoms with E-state index in [0.717, 1.165) is 52.4 Å². The van der Waals surface area contributed by atoms with Crippen molar-refractivity contribution in [2.45, 2.75) is 19.4 Å². The van der Waals surface area contributed by atoms with Crippen LogP contribution in [0.1, 0.15) is 19.4 Å². The second kappa shape index (κ2) is 8.82. The molecule has 0 N–H and O–H groups in total. The number of benzene rings is 4. The van der Waals surface area contributed by atoms with Gasteiger partial charge in [0.15, 0.2) is 11.3 Å². The SMILES string of the molecule is CN1C=CN(c2cc(Oc3cccc(N4CN(C)C(C)(C)c5ccccc54)c3)c3oc4ccccc4c3c2)C1. The molecule has 39 heavy (non-hydrogen) atoms. The van der Waals surface area contributed by atoms with Crippen LogP contribution in [0.5, 0.6) is 11.5 Å². The maximum absolute atomic E-state index is 6.64. The third-order valence-electron chi connectivity index (χ3n) is 8.16. The molecule has 0 radical (unpaired) electrons. The van der Waals surface area contributed by atoms with Crippen molar-refractivity contribution >= 4 is 39.0 Å². The van der Waals surface area contributed by atoms with Crippen LogP contribution in [0.15, 0.2) is 102 Å². The van der Waals surface area contributed by atoms with Gasteiger partial charge in [-0.1, -0.05) is 42.5 Å². The minimum absolute atomic E-state index is 0.0490. The summed E-state index contributed by atoms with van der Waals surface area (Å²) in [6, 6.07) is 29.4. The Balaban J connectivity index is 1.31. The molecule has 3 heterocycles. The lowest BCUT2D eigenvalue weighted by molar-refractivity contribution is 0.150. The first-order valence-electron chi connectivity index (χ1n) is 13.4. The molecule has 0 bridgehead atoms. The molecule has 6 heteroatoms. The van der Waals surface area contributed by atoms with Crippen LogP contribution in [0.4, 0.5) is 17.1 Å². The van der Waals surface area contributed by atoms with Gasteiger partial charge in [-0.2, -0.15) is 0 Å². The van der Waals surface area contributed by atoms with Gasteiger partial charge in [0.2, 0.25) is 0 Å². The zero-order valence-corrected chi connectivity index (χ0v) is 22.8. The lowest BCUT2D eigenvalue weighted by atomic mass is 9.88. The largest absolute Gasteiger partial charge is 0.453 e. The maximum atomic E-state index is 6.64. The average Bonchev–Trinajstić information content (AvgIpc) is 3.55. The van der Waals surface area contributed by atoms with Gasteiger partial charge >= 0.3 is 0 Å². The molecule has 0 spiro atoms. The number of para-hydroxylation sites is 2. The minimum Gasteiger partial charge on any atom is -0.453 e. The molecular weight excluding hydrogens is 484 g/mol. The van der Waals surface area contributed by atoms with E-state index in [1.54, 1.807) is 0 Å². The maximum Gasteiger partial charge on any atom is 0.178 e. The zero-order chi connectivity index (χ0) is 26.7. The van der Waals surface area contributed by atoms with Gasteiger partial charge in [0, 0.05) is 65.0 Å². The molecule has 7 rings (SSSR count). The van der Waals surface area contributed by atoms with Gasteiger partial charge in [-0.25, -0.2) is 0 Å². The molecule has 6 nitrogen and oxygen atoms in total. The number of nitrogens with zero attached hydrogens (tertiary/aromatic N) is 4. The summed E-state index contributed by atoms with van der Waals surface area (Å²) in [6.07, 6.45) is 4.18. The van der Waals surface area contributed by atoms with Crippen molar-refractivity contribution in [2.75, 3.05) is 37.2 Å². The second-order valence-corrected chi connectivity index (χ2v) is 11.0. The Labute approximate surface area is 228 Å². The predicted octanol–water partition coefficient (Wildman–Crippen LogP) is 7.83. The number of ether oxygens (including phenoxy) is 1. The van der Waals surface area contributed by atoms with Crippen LogP contribution in [0.2, 0.25) is 0 Å². The molecule has 1 aromatic heterocycles. The van der Waals surface area contributed by atoms with Gasteiger partial charge in [-0.05, 0) is 56.8 Å². The first-order chi connectivity index (χ1) is 18.9. The highest BCUT2D eigenvalue weighted by molar-refractivity contribution is 6.08. The van der Waals surface area contributed by atoms with Crippen molar-refractivity contribution in [3.63, 3.8) is 0 Å². The van der Waals surface area contributed by atoms with Crippen LogP contribution < -0.4 is 14.5 Å². The van der Waals surface area contributed by atoms with Crippen LogP contribution in [-0.2, 0) is 5.54 Å². The van der Waals surface area contributed by atoms with E-state index in [4.69, 9.17) is 9.15 Å². The normalized spacial score (nSPS) is 16.9.